The summed E-state index contributed by atoms with van der Waals surface area (Å²) < 4.78 is 25.7. The van der Waals surface area contributed by atoms with E-state index in [9.17, 15) is 13.5 Å². The molecule has 6 heteroatoms. The van der Waals surface area contributed by atoms with E-state index in [2.05, 4.69) is 10.0 Å². The summed E-state index contributed by atoms with van der Waals surface area (Å²) in [6.07, 6.45) is 0. The maximum absolute atomic E-state index is 11.7. The SMILES string of the molecule is CNS(=O)(=O)c1cccc(C(C)NCC(C)(C)O)c1. The van der Waals surface area contributed by atoms with E-state index >= 15 is 0 Å². The van der Waals surface area contributed by atoms with Crippen molar-refractivity contribution in [1.82, 2.24) is 10.0 Å². The quantitative estimate of drug-likeness (QED) is 0.729. The molecule has 0 aliphatic heterocycles. The Labute approximate surface area is 115 Å². The second kappa shape index (κ2) is 6.00. The molecule has 0 aromatic heterocycles. The lowest BCUT2D eigenvalue weighted by Crippen LogP contribution is -2.36. The van der Waals surface area contributed by atoms with Crippen LogP contribution in [0.1, 0.15) is 32.4 Å². The van der Waals surface area contributed by atoms with Crippen molar-refractivity contribution in [3.63, 3.8) is 0 Å². The van der Waals surface area contributed by atoms with Crippen molar-refractivity contribution in [2.75, 3.05) is 13.6 Å². The standard InChI is InChI=1S/C13H22N2O3S/c1-10(15-9-13(2,3)16)11-6-5-7-12(8-11)19(17,18)14-4/h5-8,10,14-16H,9H2,1-4H3. The minimum Gasteiger partial charge on any atom is -0.389 e. The van der Waals surface area contributed by atoms with E-state index < -0.39 is 15.6 Å². The lowest BCUT2D eigenvalue weighted by atomic mass is 10.1. The van der Waals surface area contributed by atoms with Gasteiger partial charge in [-0.3, -0.25) is 0 Å². The molecule has 1 atom stereocenters. The molecule has 108 valence electrons. The number of hydrogen-bond acceptors (Lipinski definition) is 4. The normalized spacial score (nSPS) is 14.4. The Hall–Kier alpha value is -0.950. The van der Waals surface area contributed by atoms with Crippen molar-refractivity contribution in [1.29, 1.82) is 0 Å². The smallest absolute Gasteiger partial charge is 0.240 e. The highest BCUT2D eigenvalue weighted by Gasteiger charge is 2.16. The Balaban J connectivity index is 2.88. The Morgan fingerprint density at radius 3 is 2.53 bits per heavy atom. The maximum atomic E-state index is 11.7. The van der Waals surface area contributed by atoms with Crippen LogP contribution in [0, 0.1) is 0 Å². The van der Waals surface area contributed by atoms with Gasteiger partial charge in [-0.2, -0.15) is 0 Å². The van der Waals surface area contributed by atoms with Crippen LogP contribution in [-0.4, -0.2) is 32.7 Å². The summed E-state index contributed by atoms with van der Waals surface area (Å²) in [7, 11) is -2.04. The molecule has 0 aliphatic carbocycles. The molecule has 0 saturated carbocycles. The van der Waals surface area contributed by atoms with E-state index in [0.29, 0.717) is 6.54 Å². The first-order valence-electron chi connectivity index (χ1n) is 6.15. The first-order valence-corrected chi connectivity index (χ1v) is 7.63. The third kappa shape index (κ3) is 4.91. The fourth-order valence-electron chi connectivity index (χ4n) is 1.59. The first kappa shape index (κ1) is 16.1. The number of benzene rings is 1. The summed E-state index contributed by atoms with van der Waals surface area (Å²) in [5.41, 5.74) is 0.0590. The molecule has 1 unspecified atom stereocenters. The van der Waals surface area contributed by atoms with Crippen molar-refractivity contribution in [3.8, 4) is 0 Å². The summed E-state index contributed by atoms with van der Waals surface area (Å²) in [5.74, 6) is 0. The molecule has 1 rings (SSSR count). The van der Waals surface area contributed by atoms with Gasteiger partial charge in [0.25, 0.3) is 0 Å². The minimum absolute atomic E-state index is 0.0431. The Kier molecular flexibility index (Phi) is 5.09. The second-order valence-corrected chi connectivity index (χ2v) is 7.08. The lowest BCUT2D eigenvalue weighted by Gasteiger charge is -2.22. The number of rotatable bonds is 6. The second-order valence-electron chi connectivity index (χ2n) is 5.20. The van der Waals surface area contributed by atoms with Crippen molar-refractivity contribution >= 4 is 10.0 Å². The van der Waals surface area contributed by atoms with Gasteiger partial charge in [0, 0.05) is 12.6 Å². The molecule has 0 bridgehead atoms. The Morgan fingerprint density at radius 2 is 2.00 bits per heavy atom. The molecule has 0 fully saturated rings. The molecule has 0 aliphatic rings. The van der Waals surface area contributed by atoms with Crippen LogP contribution in [0.5, 0.6) is 0 Å². The van der Waals surface area contributed by atoms with Crippen LogP contribution < -0.4 is 10.0 Å². The highest BCUT2D eigenvalue weighted by Crippen LogP contribution is 2.17. The van der Waals surface area contributed by atoms with E-state index in [1.165, 1.54) is 7.05 Å². The van der Waals surface area contributed by atoms with Crippen LogP contribution in [0.15, 0.2) is 29.2 Å². The monoisotopic (exact) mass is 286 g/mol. The van der Waals surface area contributed by atoms with Crippen molar-refractivity contribution in [2.24, 2.45) is 0 Å². The van der Waals surface area contributed by atoms with E-state index in [4.69, 9.17) is 0 Å². The van der Waals surface area contributed by atoms with Gasteiger partial charge in [0.2, 0.25) is 10.0 Å². The van der Waals surface area contributed by atoms with Crippen LogP contribution in [0.25, 0.3) is 0 Å². The molecule has 1 aromatic rings. The van der Waals surface area contributed by atoms with Gasteiger partial charge in [0.05, 0.1) is 10.5 Å². The lowest BCUT2D eigenvalue weighted by molar-refractivity contribution is 0.0770. The van der Waals surface area contributed by atoms with Crippen LogP contribution in [0.2, 0.25) is 0 Å². The van der Waals surface area contributed by atoms with Crippen molar-refractivity contribution in [2.45, 2.75) is 37.3 Å². The molecule has 1 aromatic carbocycles. The van der Waals surface area contributed by atoms with E-state index in [1.54, 1.807) is 32.0 Å². The Bertz CT molecular complexity index is 521. The summed E-state index contributed by atoms with van der Waals surface area (Å²) in [5, 5.41) is 12.8. The van der Waals surface area contributed by atoms with E-state index in [-0.39, 0.29) is 10.9 Å². The zero-order chi connectivity index (χ0) is 14.7. The number of hydrogen-bond donors (Lipinski definition) is 3. The molecular weight excluding hydrogens is 264 g/mol. The predicted molar refractivity (Wildman–Crippen MR) is 75.4 cm³/mol. The van der Waals surface area contributed by atoms with Crippen LogP contribution in [0.3, 0.4) is 0 Å². The van der Waals surface area contributed by atoms with Crippen LogP contribution in [-0.2, 0) is 10.0 Å². The van der Waals surface area contributed by atoms with Gasteiger partial charge in [-0.05, 0) is 45.5 Å². The number of sulfonamides is 1. The maximum Gasteiger partial charge on any atom is 0.240 e. The highest BCUT2D eigenvalue weighted by atomic mass is 32.2. The fourth-order valence-corrected chi connectivity index (χ4v) is 2.37. The van der Waals surface area contributed by atoms with Crippen molar-refractivity contribution in [3.05, 3.63) is 29.8 Å². The summed E-state index contributed by atoms with van der Waals surface area (Å²) in [4.78, 5) is 0.240. The van der Waals surface area contributed by atoms with E-state index in [1.807, 2.05) is 13.0 Å². The average Bonchev–Trinajstić information content (AvgIpc) is 2.35. The van der Waals surface area contributed by atoms with Gasteiger partial charge in [-0.25, -0.2) is 13.1 Å². The molecule has 0 spiro atoms. The van der Waals surface area contributed by atoms with E-state index in [0.717, 1.165) is 5.56 Å². The molecule has 0 heterocycles. The van der Waals surface area contributed by atoms with Gasteiger partial charge in [0.1, 0.15) is 0 Å². The topological polar surface area (TPSA) is 78.4 Å². The molecule has 0 amide bonds. The highest BCUT2D eigenvalue weighted by molar-refractivity contribution is 7.89. The average molecular weight is 286 g/mol. The van der Waals surface area contributed by atoms with Crippen molar-refractivity contribution < 1.29 is 13.5 Å². The number of nitrogens with one attached hydrogen (secondary N) is 2. The third-order valence-electron chi connectivity index (χ3n) is 2.78. The fraction of sp³-hybridized carbons (Fsp3) is 0.538. The molecule has 0 radical (unpaired) electrons. The van der Waals surface area contributed by atoms with Crippen LogP contribution >= 0.6 is 0 Å². The zero-order valence-electron chi connectivity index (χ0n) is 11.8. The molecule has 19 heavy (non-hydrogen) atoms. The summed E-state index contributed by atoms with van der Waals surface area (Å²) in [6, 6.07) is 6.71. The van der Waals surface area contributed by atoms with Gasteiger partial charge in [-0.1, -0.05) is 12.1 Å². The van der Waals surface area contributed by atoms with Gasteiger partial charge >= 0.3 is 0 Å². The van der Waals surface area contributed by atoms with Gasteiger partial charge in [-0.15, -0.1) is 0 Å². The first-order chi connectivity index (χ1) is 8.65. The summed E-state index contributed by atoms with van der Waals surface area (Å²) in [6.45, 7) is 5.79. The van der Waals surface area contributed by atoms with Gasteiger partial charge < -0.3 is 10.4 Å². The molecule has 5 nitrogen and oxygen atoms in total. The Morgan fingerprint density at radius 1 is 1.37 bits per heavy atom. The summed E-state index contributed by atoms with van der Waals surface area (Å²) >= 11 is 0. The largest absolute Gasteiger partial charge is 0.389 e. The minimum atomic E-state index is -3.42. The third-order valence-corrected chi connectivity index (χ3v) is 4.19. The number of aliphatic hydroxyl groups is 1. The van der Waals surface area contributed by atoms with Gasteiger partial charge in [0.15, 0.2) is 0 Å². The molecule has 3 N–H and O–H groups in total. The molecular formula is C13H22N2O3S. The molecule has 0 saturated heterocycles. The van der Waals surface area contributed by atoms with Crippen LogP contribution in [0.4, 0.5) is 0 Å². The zero-order valence-corrected chi connectivity index (χ0v) is 12.6. The predicted octanol–water partition coefficient (Wildman–Crippen LogP) is 1.02.